The van der Waals surface area contributed by atoms with E-state index in [4.69, 9.17) is 17.3 Å². The quantitative estimate of drug-likeness (QED) is 0.403. The van der Waals surface area contributed by atoms with Crippen LogP contribution in [0.15, 0.2) is 24.4 Å². The first-order valence-corrected chi connectivity index (χ1v) is 12.1. The molecular weight excluding hydrogens is 512 g/mol. The third kappa shape index (κ3) is 5.80. The van der Waals surface area contributed by atoms with E-state index < -0.39 is 23.4 Å². The van der Waals surface area contributed by atoms with Crippen molar-refractivity contribution < 1.29 is 22.4 Å². The summed E-state index contributed by atoms with van der Waals surface area (Å²) in [6.07, 6.45) is -0.908. The van der Waals surface area contributed by atoms with E-state index in [1.807, 2.05) is 6.07 Å². The molecule has 0 unspecified atom stereocenters. The molecule has 1 aliphatic carbocycles. The summed E-state index contributed by atoms with van der Waals surface area (Å²) in [6.45, 7) is 2.65. The second-order valence-corrected chi connectivity index (χ2v) is 10.3. The fourth-order valence-corrected chi connectivity index (χ4v) is 5.14. The number of nitrogens with two attached hydrogens (primary N) is 1. The number of fused-ring (bicyclic) bond motifs is 1. The molecule has 0 bridgehead atoms. The van der Waals surface area contributed by atoms with Crippen molar-refractivity contribution in [2.45, 2.75) is 69.9 Å². The number of hydrogen-bond donors (Lipinski definition) is 2. The van der Waals surface area contributed by atoms with Gasteiger partial charge in [-0.15, -0.1) is 0 Å². The first kappa shape index (κ1) is 26.7. The average molecular weight is 537 g/mol. The molecule has 4 rings (SSSR count). The van der Waals surface area contributed by atoms with Gasteiger partial charge in [0.15, 0.2) is 5.69 Å². The van der Waals surface area contributed by atoms with Crippen LogP contribution < -0.4 is 11.1 Å². The third-order valence-corrected chi connectivity index (χ3v) is 6.73. The van der Waals surface area contributed by atoms with E-state index >= 15 is 0 Å². The molecular formula is C25H25ClF4N6O. The molecule has 0 aliphatic heterocycles. The summed E-state index contributed by atoms with van der Waals surface area (Å²) in [6, 6.07) is 5.45. The summed E-state index contributed by atoms with van der Waals surface area (Å²) < 4.78 is 54.8. The van der Waals surface area contributed by atoms with E-state index in [0.29, 0.717) is 41.7 Å². The first-order chi connectivity index (χ1) is 17.3. The van der Waals surface area contributed by atoms with Crippen molar-refractivity contribution in [3.05, 3.63) is 51.9 Å². The molecule has 1 fully saturated rings. The number of amides is 1. The van der Waals surface area contributed by atoms with Crippen LogP contribution in [0.4, 0.5) is 23.2 Å². The maximum Gasteiger partial charge on any atom is 0.433 e. The summed E-state index contributed by atoms with van der Waals surface area (Å²) in [7, 11) is 0. The molecule has 3 N–H and O–H groups in total. The Morgan fingerprint density at radius 3 is 2.51 bits per heavy atom. The van der Waals surface area contributed by atoms with Crippen LogP contribution in [0.3, 0.4) is 0 Å². The van der Waals surface area contributed by atoms with Gasteiger partial charge in [0, 0.05) is 28.3 Å². The monoisotopic (exact) mass is 536 g/mol. The predicted molar refractivity (Wildman–Crippen MR) is 131 cm³/mol. The second-order valence-electron chi connectivity index (χ2n) is 9.89. The number of carbonyl (C=O) groups is 1. The maximum absolute atomic E-state index is 14.0. The van der Waals surface area contributed by atoms with Gasteiger partial charge >= 0.3 is 6.18 Å². The van der Waals surface area contributed by atoms with Gasteiger partial charge in [0.25, 0.3) is 5.91 Å². The second kappa shape index (κ2) is 9.82. The van der Waals surface area contributed by atoms with Crippen LogP contribution in [0.1, 0.15) is 72.8 Å². The number of anilines is 1. The highest BCUT2D eigenvalue weighted by molar-refractivity contribution is 6.32. The number of halogens is 5. The maximum atomic E-state index is 14.0. The van der Waals surface area contributed by atoms with Crippen LogP contribution in [0, 0.1) is 11.3 Å². The number of nitrogen functional groups attached to an aromatic ring is 1. The highest BCUT2D eigenvalue weighted by Crippen LogP contribution is 2.43. The molecule has 12 heteroatoms. The van der Waals surface area contributed by atoms with Gasteiger partial charge in [-0.3, -0.25) is 9.48 Å². The van der Waals surface area contributed by atoms with Crippen LogP contribution in [-0.2, 0) is 12.7 Å². The number of carbonyl (C=O) groups excluding carboxylic acids is 1. The van der Waals surface area contributed by atoms with Crippen LogP contribution in [0.25, 0.3) is 10.9 Å². The normalized spacial score (nSPS) is 18.5. The van der Waals surface area contributed by atoms with Crippen molar-refractivity contribution in [1.82, 2.24) is 20.1 Å². The third-order valence-electron chi connectivity index (χ3n) is 6.40. The molecule has 0 radical (unpaired) electrons. The number of nitriles is 1. The lowest BCUT2D eigenvalue weighted by Crippen LogP contribution is -2.37. The number of nitrogens with zero attached hydrogens (tertiary/aromatic N) is 4. The van der Waals surface area contributed by atoms with Crippen LogP contribution in [0.5, 0.6) is 0 Å². The van der Waals surface area contributed by atoms with Crippen LogP contribution in [0.2, 0.25) is 5.02 Å². The minimum absolute atomic E-state index is 0.0391. The highest BCUT2D eigenvalue weighted by Gasteiger charge is 2.34. The fourth-order valence-electron chi connectivity index (χ4n) is 4.83. The molecule has 37 heavy (non-hydrogen) atoms. The lowest BCUT2D eigenvalue weighted by molar-refractivity contribution is -0.140. The van der Waals surface area contributed by atoms with Crippen molar-refractivity contribution in [1.29, 1.82) is 5.26 Å². The van der Waals surface area contributed by atoms with Gasteiger partial charge in [-0.2, -0.15) is 23.5 Å². The molecule has 7 nitrogen and oxygen atoms in total. The molecule has 196 valence electrons. The van der Waals surface area contributed by atoms with E-state index in [9.17, 15) is 27.6 Å². The van der Waals surface area contributed by atoms with E-state index in [-0.39, 0.29) is 41.0 Å². The van der Waals surface area contributed by atoms with Crippen molar-refractivity contribution in [3.8, 4) is 6.07 Å². The zero-order valence-corrected chi connectivity index (χ0v) is 20.9. The Balaban J connectivity index is 1.50. The summed E-state index contributed by atoms with van der Waals surface area (Å²) in [5.41, 5.74) is 4.14. The van der Waals surface area contributed by atoms with Gasteiger partial charge in [0.2, 0.25) is 0 Å². The molecule has 2 heterocycles. The smallest absolute Gasteiger partial charge is 0.398 e. The Morgan fingerprint density at radius 2 is 1.92 bits per heavy atom. The number of nitrogens with one attached hydrogen (secondary N) is 1. The lowest BCUT2D eigenvalue weighted by atomic mass is 9.80. The van der Waals surface area contributed by atoms with Gasteiger partial charge in [0.1, 0.15) is 17.4 Å². The van der Waals surface area contributed by atoms with Gasteiger partial charge in [-0.25, -0.2) is 9.37 Å². The molecule has 0 atom stereocenters. The van der Waals surface area contributed by atoms with E-state index in [2.05, 4.69) is 15.4 Å². The minimum atomic E-state index is -4.62. The highest BCUT2D eigenvalue weighted by atomic mass is 35.5. The van der Waals surface area contributed by atoms with E-state index in [0.717, 1.165) is 6.07 Å². The van der Waals surface area contributed by atoms with Crippen molar-refractivity contribution in [2.75, 3.05) is 5.73 Å². The van der Waals surface area contributed by atoms with E-state index in [1.165, 1.54) is 36.9 Å². The number of rotatable bonds is 5. The summed E-state index contributed by atoms with van der Waals surface area (Å²) in [5.74, 6) is -0.561. The SMILES string of the molecule is CC(C)(F)Cn1cc(C(=O)NC2CCC(c3c(Cl)ccc4nc(C(F)(F)F)cc(N)c34)CC2)c(C#N)n1. The molecule has 2 aromatic heterocycles. The molecule has 3 aromatic rings. The molecule has 0 saturated heterocycles. The van der Waals surface area contributed by atoms with E-state index in [1.54, 1.807) is 0 Å². The Morgan fingerprint density at radius 1 is 1.24 bits per heavy atom. The zero-order chi connectivity index (χ0) is 27.1. The molecule has 1 amide bonds. The number of pyridine rings is 1. The van der Waals surface area contributed by atoms with Gasteiger partial charge in [-0.1, -0.05) is 11.6 Å². The number of hydrogen-bond acceptors (Lipinski definition) is 5. The number of aromatic nitrogens is 3. The van der Waals surface area contributed by atoms with Crippen molar-refractivity contribution in [2.24, 2.45) is 0 Å². The van der Waals surface area contributed by atoms with Crippen LogP contribution >= 0.6 is 11.6 Å². The Bertz CT molecular complexity index is 1380. The molecule has 1 aromatic carbocycles. The summed E-state index contributed by atoms with van der Waals surface area (Å²) in [5, 5.41) is 17.1. The largest absolute Gasteiger partial charge is 0.433 e. The van der Waals surface area contributed by atoms with Gasteiger partial charge in [-0.05, 0) is 69.2 Å². The van der Waals surface area contributed by atoms with Crippen molar-refractivity contribution in [3.63, 3.8) is 0 Å². The Labute approximate surface area is 215 Å². The zero-order valence-electron chi connectivity index (χ0n) is 20.2. The topological polar surface area (TPSA) is 110 Å². The Kier molecular flexibility index (Phi) is 7.08. The number of benzene rings is 1. The molecule has 1 aliphatic rings. The fraction of sp³-hybridized carbons (Fsp3) is 0.440. The van der Waals surface area contributed by atoms with Gasteiger partial charge in [0.05, 0.1) is 17.6 Å². The molecule has 0 spiro atoms. The predicted octanol–water partition coefficient (Wildman–Crippen LogP) is 5.76. The summed E-state index contributed by atoms with van der Waals surface area (Å²) in [4.78, 5) is 16.6. The standard InChI is InChI=1S/C25H25ClF4N6O/c1-24(2,27)12-36-11-15(19(10-31)35-36)23(37)33-14-5-3-13(4-6-14)21-16(26)7-8-18-22(21)17(32)9-20(34-18)25(28,29)30/h7-9,11,13-14H,3-6,12H2,1-2H3,(H2,32,34)(H,33,37). The number of alkyl halides is 4. The van der Waals surface area contributed by atoms with Gasteiger partial charge < -0.3 is 11.1 Å². The van der Waals surface area contributed by atoms with Crippen molar-refractivity contribution >= 4 is 34.1 Å². The Hall–Kier alpha value is -3.39. The lowest BCUT2D eigenvalue weighted by Gasteiger charge is -2.30. The average Bonchev–Trinajstić information content (AvgIpc) is 3.20. The minimum Gasteiger partial charge on any atom is -0.398 e. The molecule has 1 saturated carbocycles. The first-order valence-electron chi connectivity index (χ1n) is 11.7. The van der Waals surface area contributed by atoms with Crippen LogP contribution in [-0.4, -0.2) is 32.4 Å². The summed E-state index contributed by atoms with van der Waals surface area (Å²) >= 11 is 6.48.